The van der Waals surface area contributed by atoms with E-state index in [2.05, 4.69) is 24.8 Å². The minimum Gasteiger partial charge on any atom is -0.360 e. The predicted octanol–water partition coefficient (Wildman–Crippen LogP) is 1.38. The number of hydrogen-bond donors (Lipinski definition) is 1. The third-order valence-corrected chi connectivity index (χ3v) is 4.80. The highest BCUT2D eigenvalue weighted by molar-refractivity contribution is 7.92. The number of nitrogens with one attached hydrogen (secondary N) is 1. The van der Waals surface area contributed by atoms with Crippen molar-refractivity contribution in [3.05, 3.63) is 42.1 Å². The van der Waals surface area contributed by atoms with Gasteiger partial charge >= 0.3 is 0 Å². The van der Waals surface area contributed by atoms with E-state index in [4.69, 9.17) is 4.52 Å². The molecule has 0 aliphatic carbocycles. The van der Waals surface area contributed by atoms with Gasteiger partial charge in [-0.15, -0.1) is 0 Å². The van der Waals surface area contributed by atoms with Crippen molar-refractivity contribution < 1.29 is 12.9 Å². The number of imidazole rings is 1. The molecule has 0 spiro atoms. The van der Waals surface area contributed by atoms with Crippen molar-refractivity contribution in [2.24, 2.45) is 0 Å². The van der Waals surface area contributed by atoms with Crippen molar-refractivity contribution in [1.29, 1.82) is 0 Å². The molecular formula is C13H14N6O3S. The molecule has 0 saturated heterocycles. The van der Waals surface area contributed by atoms with Crippen LogP contribution in [0.1, 0.15) is 17.3 Å². The van der Waals surface area contributed by atoms with Gasteiger partial charge in [-0.3, -0.25) is 9.29 Å². The topological polar surface area (TPSA) is 116 Å². The first-order valence-corrected chi connectivity index (χ1v) is 8.15. The quantitative estimate of drug-likeness (QED) is 0.766. The van der Waals surface area contributed by atoms with E-state index in [1.807, 2.05) is 6.92 Å². The molecule has 0 saturated carbocycles. The summed E-state index contributed by atoms with van der Waals surface area (Å²) in [6.07, 6.45) is 4.63. The maximum atomic E-state index is 12.5. The molecular weight excluding hydrogens is 320 g/mol. The van der Waals surface area contributed by atoms with Crippen LogP contribution >= 0.6 is 0 Å². The first kappa shape index (κ1) is 15.2. The SMILES string of the molecule is Cc1noc(C)c1S(=O)(=O)Nc1cc(-n2ccnc2C)ncn1. The van der Waals surface area contributed by atoms with Crippen LogP contribution in [0.3, 0.4) is 0 Å². The Labute approximate surface area is 132 Å². The lowest BCUT2D eigenvalue weighted by molar-refractivity contribution is 0.390. The van der Waals surface area contributed by atoms with Crippen LogP contribution in [0.5, 0.6) is 0 Å². The number of hydrogen-bond acceptors (Lipinski definition) is 7. The fourth-order valence-corrected chi connectivity index (χ4v) is 3.53. The molecule has 3 heterocycles. The van der Waals surface area contributed by atoms with E-state index >= 15 is 0 Å². The van der Waals surface area contributed by atoms with Gasteiger partial charge in [0, 0.05) is 18.5 Å². The molecule has 3 aromatic heterocycles. The van der Waals surface area contributed by atoms with Gasteiger partial charge in [-0.05, 0) is 20.8 Å². The summed E-state index contributed by atoms with van der Waals surface area (Å²) in [6, 6.07) is 1.52. The van der Waals surface area contributed by atoms with Crippen LogP contribution in [0.4, 0.5) is 5.82 Å². The molecule has 0 aromatic carbocycles. The van der Waals surface area contributed by atoms with Gasteiger partial charge in [0.15, 0.2) is 10.7 Å². The lowest BCUT2D eigenvalue weighted by Gasteiger charge is -2.08. The van der Waals surface area contributed by atoms with Gasteiger partial charge in [0.05, 0.1) is 0 Å². The Morgan fingerprint density at radius 1 is 1.17 bits per heavy atom. The zero-order valence-corrected chi connectivity index (χ0v) is 13.5. The first-order chi connectivity index (χ1) is 10.9. The maximum Gasteiger partial charge on any atom is 0.268 e. The Hall–Kier alpha value is -2.75. The van der Waals surface area contributed by atoms with E-state index in [0.717, 1.165) is 5.82 Å². The molecule has 0 fully saturated rings. The Balaban J connectivity index is 1.97. The molecule has 1 N–H and O–H groups in total. The van der Waals surface area contributed by atoms with Crippen LogP contribution in [0.2, 0.25) is 0 Å². The zero-order chi connectivity index (χ0) is 16.6. The Bertz CT molecular complexity index is 940. The van der Waals surface area contributed by atoms with Crippen molar-refractivity contribution >= 4 is 15.8 Å². The van der Waals surface area contributed by atoms with E-state index in [0.29, 0.717) is 5.82 Å². The van der Waals surface area contributed by atoms with Crippen LogP contribution < -0.4 is 4.72 Å². The number of sulfonamides is 1. The number of rotatable bonds is 4. The Morgan fingerprint density at radius 2 is 1.96 bits per heavy atom. The van der Waals surface area contributed by atoms with Gasteiger partial charge < -0.3 is 4.52 Å². The molecule has 0 unspecified atom stereocenters. The minimum atomic E-state index is -3.85. The second-order valence-electron chi connectivity index (χ2n) is 4.86. The largest absolute Gasteiger partial charge is 0.360 e. The summed E-state index contributed by atoms with van der Waals surface area (Å²) in [5, 5.41) is 3.65. The summed E-state index contributed by atoms with van der Waals surface area (Å²) in [4.78, 5) is 12.2. The lowest BCUT2D eigenvalue weighted by atomic mass is 10.4. The molecule has 0 amide bonds. The number of aromatic nitrogens is 5. The van der Waals surface area contributed by atoms with Crippen LogP contribution in [0.15, 0.2) is 34.2 Å². The fourth-order valence-electron chi connectivity index (χ4n) is 2.20. The second kappa shape index (κ2) is 5.47. The molecule has 10 heteroatoms. The molecule has 0 aliphatic rings. The van der Waals surface area contributed by atoms with Gasteiger partial charge in [-0.25, -0.2) is 23.4 Å². The summed E-state index contributed by atoms with van der Waals surface area (Å²) in [7, 11) is -3.85. The molecule has 0 atom stereocenters. The molecule has 3 aromatic rings. The van der Waals surface area contributed by atoms with Crippen LogP contribution in [0.25, 0.3) is 5.82 Å². The smallest absolute Gasteiger partial charge is 0.268 e. The molecule has 0 bridgehead atoms. The Morgan fingerprint density at radius 3 is 2.57 bits per heavy atom. The van der Waals surface area contributed by atoms with Crippen LogP contribution in [-0.2, 0) is 10.0 Å². The van der Waals surface area contributed by atoms with E-state index in [9.17, 15) is 8.42 Å². The number of aryl methyl sites for hydroxylation is 3. The van der Waals surface area contributed by atoms with Crippen LogP contribution in [-0.4, -0.2) is 33.1 Å². The van der Waals surface area contributed by atoms with E-state index in [-0.39, 0.29) is 22.2 Å². The normalized spacial score (nSPS) is 11.6. The van der Waals surface area contributed by atoms with Gasteiger partial charge in [-0.1, -0.05) is 5.16 Å². The summed E-state index contributed by atoms with van der Waals surface area (Å²) >= 11 is 0. The zero-order valence-electron chi connectivity index (χ0n) is 12.7. The predicted molar refractivity (Wildman–Crippen MR) is 80.7 cm³/mol. The average molecular weight is 334 g/mol. The summed E-state index contributed by atoms with van der Waals surface area (Å²) in [5.74, 6) is 1.59. The van der Waals surface area contributed by atoms with Crippen molar-refractivity contribution in [3.8, 4) is 5.82 Å². The second-order valence-corrected chi connectivity index (χ2v) is 6.48. The summed E-state index contributed by atoms with van der Waals surface area (Å²) < 4.78 is 34.0. The summed E-state index contributed by atoms with van der Waals surface area (Å²) in [5.41, 5.74) is 0.287. The minimum absolute atomic E-state index is 0.0106. The Kier molecular flexibility index (Phi) is 3.60. The molecule has 23 heavy (non-hydrogen) atoms. The van der Waals surface area contributed by atoms with Crippen LogP contribution in [0, 0.1) is 20.8 Å². The van der Waals surface area contributed by atoms with E-state index in [1.54, 1.807) is 23.9 Å². The monoisotopic (exact) mass is 334 g/mol. The van der Waals surface area contributed by atoms with Crippen molar-refractivity contribution in [2.45, 2.75) is 25.7 Å². The number of anilines is 1. The lowest BCUT2D eigenvalue weighted by Crippen LogP contribution is -2.16. The highest BCUT2D eigenvalue weighted by atomic mass is 32.2. The van der Waals surface area contributed by atoms with Gasteiger partial charge in [-0.2, -0.15) is 0 Å². The van der Waals surface area contributed by atoms with Crippen molar-refractivity contribution in [1.82, 2.24) is 24.7 Å². The highest BCUT2D eigenvalue weighted by Gasteiger charge is 2.24. The number of nitrogens with zero attached hydrogens (tertiary/aromatic N) is 5. The first-order valence-electron chi connectivity index (χ1n) is 6.66. The van der Waals surface area contributed by atoms with Gasteiger partial charge in [0.2, 0.25) is 0 Å². The van der Waals surface area contributed by atoms with E-state index in [1.165, 1.54) is 19.3 Å². The molecule has 0 radical (unpaired) electrons. The standard InChI is InChI=1S/C13H14N6O3S/c1-8-13(9(2)22-17-8)23(20,21)18-11-6-12(16-7-15-11)19-5-4-14-10(19)3/h4-7H,1-3H3,(H,15,16,18). The summed E-state index contributed by atoms with van der Waals surface area (Å²) in [6.45, 7) is 4.91. The van der Waals surface area contributed by atoms with Gasteiger partial charge in [0.1, 0.15) is 29.5 Å². The average Bonchev–Trinajstić information content (AvgIpc) is 3.05. The fraction of sp³-hybridized carbons (Fsp3) is 0.231. The van der Waals surface area contributed by atoms with E-state index < -0.39 is 10.0 Å². The third-order valence-electron chi connectivity index (χ3n) is 3.20. The highest BCUT2D eigenvalue weighted by Crippen LogP contribution is 2.22. The van der Waals surface area contributed by atoms with Gasteiger partial charge in [0.25, 0.3) is 10.0 Å². The molecule has 120 valence electrons. The molecule has 0 aliphatic heterocycles. The third kappa shape index (κ3) is 2.80. The maximum absolute atomic E-state index is 12.5. The van der Waals surface area contributed by atoms with Crippen molar-refractivity contribution in [2.75, 3.05) is 4.72 Å². The molecule has 3 rings (SSSR count). The molecule has 9 nitrogen and oxygen atoms in total. The van der Waals surface area contributed by atoms with Crippen molar-refractivity contribution in [3.63, 3.8) is 0 Å².